The zero-order valence-corrected chi connectivity index (χ0v) is 21.5. The van der Waals surface area contributed by atoms with Crippen LogP contribution in [-0.2, 0) is 36.1 Å². The van der Waals surface area contributed by atoms with Crippen LogP contribution in [0.2, 0.25) is 0 Å². The molecule has 9 heteroatoms. The Hall–Kier alpha value is -3.85. The van der Waals surface area contributed by atoms with Gasteiger partial charge in [0, 0.05) is 38.3 Å². The molecule has 0 aliphatic carbocycles. The predicted octanol–water partition coefficient (Wildman–Crippen LogP) is 2.65. The topological polar surface area (TPSA) is 101 Å². The zero-order valence-electron chi connectivity index (χ0n) is 21.5. The molecule has 196 valence electrons. The summed E-state index contributed by atoms with van der Waals surface area (Å²) < 4.78 is 19.2. The standard InChI is InChI=1S/C28H33N3O6/c1-4-35-27(33)17-23(21-6-8-25-22(16-21)10-13-36-25)29-18-20-5-7-24(19(2)15-20)37-14-12-31-26(32)9-11-30(3)28(31)34/h5-9,11,15-16,23,29H,4,10,12-14,17-18H2,1-3H3. The number of aromatic nitrogens is 2. The van der Waals surface area contributed by atoms with Gasteiger partial charge in [-0.2, -0.15) is 0 Å². The first-order valence-electron chi connectivity index (χ1n) is 12.5. The van der Waals surface area contributed by atoms with E-state index in [9.17, 15) is 14.4 Å². The summed E-state index contributed by atoms with van der Waals surface area (Å²) in [5, 5.41) is 3.50. The first-order chi connectivity index (χ1) is 17.9. The molecule has 1 aromatic heterocycles. The number of carbonyl (C=O) groups is 1. The van der Waals surface area contributed by atoms with Crippen LogP contribution in [0.15, 0.2) is 58.3 Å². The number of aryl methyl sites for hydroxylation is 2. The van der Waals surface area contributed by atoms with Crippen molar-refractivity contribution in [2.75, 3.05) is 19.8 Å². The van der Waals surface area contributed by atoms with Gasteiger partial charge in [0.2, 0.25) is 0 Å². The highest BCUT2D eigenvalue weighted by Gasteiger charge is 2.20. The van der Waals surface area contributed by atoms with Gasteiger partial charge in [-0.05, 0) is 48.2 Å². The fourth-order valence-electron chi connectivity index (χ4n) is 4.41. The molecule has 1 unspecified atom stereocenters. The third kappa shape index (κ3) is 6.48. The van der Waals surface area contributed by atoms with Gasteiger partial charge >= 0.3 is 11.7 Å². The maximum absolute atomic E-state index is 12.3. The van der Waals surface area contributed by atoms with Crippen molar-refractivity contribution in [3.8, 4) is 11.5 Å². The molecular weight excluding hydrogens is 474 g/mol. The number of carbonyl (C=O) groups excluding carboxylic acids is 1. The van der Waals surface area contributed by atoms with Crippen molar-refractivity contribution in [2.45, 2.75) is 45.8 Å². The molecule has 9 nitrogen and oxygen atoms in total. The molecule has 0 radical (unpaired) electrons. The smallest absolute Gasteiger partial charge is 0.330 e. The summed E-state index contributed by atoms with van der Waals surface area (Å²) in [7, 11) is 1.60. The van der Waals surface area contributed by atoms with E-state index in [2.05, 4.69) is 11.4 Å². The Morgan fingerprint density at radius 1 is 1.16 bits per heavy atom. The monoisotopic (exact) mass is 507 g/mol. The molecule has 0 spiro atoms. The Morgan fingerprint density at radius 2 is 2.00 bits per heavy atom. The highest BCUT2D eigenvalue weighted by Crippen LogP contribution is 2.30. The van der Waals surface area contributed by atoms with Crippen LogP contribution in [0.3, 0.4) is 0 Å². The van der Waals surface area contributed by atoms with Gasteiger partial charge in [0.25, 0.3) is 5.56 Å². The Kier molecular flexibility index (Phi) is 8.45. The molecule has 1 aliphatic heterocycles. The maximum Gasteiger partial charge on any atom is 0.330 e. The van der Waals surface area contributed by atoms with Crippen LogP contribution in [0.5, 0.6) is 11.5 Å². The highest BCUT2D eigenvalue weighted by molar-refractivity contribution is 5.70. The minimum atomic E-state index is -0.373. The number of rotatable bonds is 11. The van der Waals surface area contributed by atoms with Crippen LogP contribution in [0.25, 0.3) is 0 Å². The Balaban J connectivity index is 1.40. The molecule has 2 aromatic carbocycles. The van der Waals surface area contributed by atoms with Gasteiger partial charge in [0.15, 0.2) is 0 Å². The number of nitrogens with one attached hydrogen (secondary N) is 1. The highest BCUT2D eigenvalue weighted by atomic mass is 16.5. The van der Waals surface area contributed by atoms with Gasteiger partial charge in [-0.25, -0.2) is 4.79 Å². The van der Waals surface area contributed by atoms with E-state index in [-0.39, 0.29) is 42.8 Å². The average Bonchev–Trinajstić information content (AvgIpc) is 3.35. The Bertz CT molecular complexity index is 1380. The molecule has 0 saturated carbocycles. The van der Waals surface area contributed by atoms with Crippen molar-refractivity contribution in [2.24, 2.45) is 7.05 Å². The van der Waals surface area contributed by atoms with Crippen LogP contribution < -0.4 is 26.0 Å². The first-order valence-corrected chi connectivity index (χ1v) is 12.5. The van der Waals surface area contributed by atoms with Gasteiger partial charge in [-0.3, -0.25) is 14.2 Å². The summed E-state index contributed by atoms with van der Waals surface area (Å²) >= 11 is 0. The van der Waals surface area contributed by atoms with Crippen molar-refractivity contribution in [1.82, 2.24) is 14.5 Å². The van der Waals surface area contributed by atoms with E-state index in [1.807, 2.05) is 37.3 Å². The third-order valence-electron chi connectivity index (χ3n) is 6.40. The fourth-order valence-corrected chi connectivity index (χ4v) is 4.41. The molecule has 1 atom stereocenters. The van der Waals surface area contributed by atoms with Crippen LogP contribution in [-0.4, -0.2) is 34.9 Å². The molecule has 0 bridgehead atoms. The summed E-state index contributed by atoms with van der Waals surface area (Å²) in [6.45, 7) is 5.69. The molecule has 0 saturated heterocycles. The number of benzene rings is 2. The van der Waals surface area contributed by atoms with Gasteiger partial charge in [-0.1, -0.05) is 24.3 Å². The Morgan fingerprint density at radius 3 is 2.78 bits per heavy atom. The molecule has 1 aliphatic rings. The summed E-state index contributed by atoms with van der Waals surface area (Å²) in [4.78, 5) is 36.4. The molecule has 3 aromatic rings. The van der Waals surface area contributed by atoms with E-state index >= 15 is 0 Å². The summed E-state index contributed by atoms with van der Waals surface area (Å²) in [6, 6.07) is 13.1. The SMILES string of the molecule is CCOC(=O)CC(NCc1ccc(OCCn2c(=O)ccn(C)c2=O)c(C)c1)c1ccc2c(c1)CCO2. The van der Waals surface area contributed by atoms with E-state index in [4.69, 9.17) is 14.2 Å². The summed E-state index contributed by atoms with van der Waals surface area (Å²) in [5.74, 6) is 1.35. The molecule has 1 N–H and O–H groups in total. The number of nitrogens with zero attached hydrogens (tertiary/aromatic N) is 2. The van der Waals surface area contributed by atoms with Crippen molar-refractivity contribution in [3.05, 3.63) is 91.8 Å². The van der Waals surface area contributed by atoms with Crippen molar-refractivity contribution in [3.63, 3.8) is 0 Å². The molecule has 0 amide bonds. The molecule has 2 heterocycles. The van der Waals surface area contributed by atoms with Crippen LogP contribution in [0.1, 0.15) is 41.6 Å². The summed E-state index contributed by atoms with van der Waals surface area (Å²) in [5.41, 5.74) is 3.43. The number of esters is 1. The van der Waals surface area contributed by atoms with Crippen LogP contribution >= 0.6 is 0 Å². The van der Waals surface area contributed by atoms with Gasteiger partial charge in [0.1, 0.15) is 18.1 Å². The number of ether oxygens (including phenoxy) is 3. The second-order valence-electron chi connectivity index (χ2n) is 9.06. The minimum absolute atomic E-state index is 0.163. The van der Waals surface area contributed by atoms with E-state index in [1.165, 1.54) is 16.8 Å². The van der Waals surface area contributed by atoms with Crippen LogP contribution in [0.4, 0.5) is 0 Å². The molecule has 0 fully saturated rings. The van der Waals surface area contributed by atoms with Crippen LogP contribution in [0, 0.1) is 6.92 Å². The van der Waals surface area contributed by atoms with Gasteiger partial charge < -0.3 is 24.1 Å². The quantitative estimate of drug-likeness (QED) is 0.398. The number of hydrogen-bond donors (Lipinski definition) is 1. The number of fused-ring (bicyclic) bond motifs is 1. The molecule has 4 rings (SSSR count). The van der Waals surface area contributed by atoms with Gasteiger partial charge in [0.05, 0.1) is 26.2 Å². The number of hydrogen-bond acceptors (Lipinski definition) is 7. The second-order valence-corrected chi connectivity index (χ2v) is 9.06. The fraction of sp³-hybridized carbons (Fsp3) is 0.393. The van der Waals surface area contributed by atoms with Crippen molar-refractivity contribution < 1.29 is 19.0 Å². The molecular formula is C28H33N3O6. The van der Waals surface area contributed by atoms with Gasteiger partial charge in [-0.15, -0.1) is 0 Å². The van der Waals surface area contributed by atoms with E-state index < -0.39 is 0 Å². The lowest BCUT2D eigenvalue weighted by atomic mass is 9.99. The largest absolute Gasteiger partial charge is 0.493 e. The Labute approximate surface area is 215 Å². The minimum Gasteiger partial charge on any atom is -0.493 e. The zero-order chi connectivity index (χ0) is 26.4. The lowest BCUT2D eigenvalue weighted by molar-refractivity contribution is -0.143. The third-order valence-corrected chi connectivity index (χ3v) is 6.40. The predicted molar refractivity (Wildman–Crippen MR) is 139 cm³/mol. The lowest BCUT2D eigenvalue weighted by Gasteiger charge is -2.20. The second kappa shape index (κ2) is 11.9. The average molecular weight is 508 g/mol. The summed E-state index contributed by atoms with van der Waals surface area (Å²) in [6.07, 6.45) is 2.55. The lowest BCUT2D eigenvalue weighted by Crippen LogP contribution is -2.39. The normalized spacial score (nSPS) is 13.1. The van der Waals surface area contributed by atoms with Crippen molar-refractivity contribution in [1.29, 1.82) is 0 Å². The van der Waals surface area contributed by atoms with E-state index in [1.54, 1.807) is 14.0 Å². The maximum atomic E-state index is 12.3. The van der Waals surface area contributed by atoms with E-state index in [0.717, 1.165) is 39.0 Å². The first kappa shape index (κ1) is 26.2. The van der Waals surface area contributed by atoms with E-state index in [0.29, 0.717) is 25.5 Å². The molecule has 37 heavy (non-hydrogen) atoms. The van der Waals surface area contributed by atoms with Crippen molar-refractivity contribution >= 4 is 5.97 Å².